The maximum absolute atomic E-state index is 12.8. The van der Waals surface area contributed by atoms with Crippen molar-refractivity contribution in [3.8, 4) is 11.5 Å². The lowest BCUT2D eigenvalue weighted by Gasteiger charge is -2.12. The molecule has 1 aromatic heterocycles. The first-order valence-electron chi connectivity index (χ1n) is 8.73. The van der Waals surface area contributed by atoms with Gasteiger partial charge in [0.2, 0.25) is 5.91 Å². The fraction of sp³-hybridized carbons (Fsp3) is 0.263. The third-order valence-corrected chi connectivity index (χ3v) is 6.47. The molecule has 0 spiro atoms. The molecule has 8 nitrogen and oxygen atoms in total. The van der Waals surface area contributed by atoms with Crippen LogP contribution in [0.1, 0.15) is 18.9 Å². The summed E-state index contributed by atoms with van der Waals surface area (Å²) in [6, 6.07) is 7.78. The summed E-state index contributed by atoms with van der Waals surface area (Å²) in [5, 5.41) is 3.21. The molecule has 0 atom stereocenters. The SMILES string of the molecule is CCC(=O)Nc1nc2c(C)cc(NS(=O)(=O)c3ccc(OC)c(OC)c3)cc2s1. The van der Waals surface area contributed by atoms with Crippen LogP contribution in [0.4, 0.5) is 10.8 Å². The molecule has 29 heavy (non-hydrogen) atoms. The number of hydrogen-bond acceptors (Lipinski definition) is 7. The van der Waals surface area contributed by atoms with Gasteiger partial charge < -0.3 is 14.8 Å². The molecule has 0 bridgehead atoms. The quantitative estimate of drug-likeness (QED) is 0.585. The summed E-state index contributed by atoms with van der Waals surface area (Å²) in [5.74, 6) is 0.631. The van der Waals surface area contributed by atoms with Crippen LogP contribution in [0.25, 0.3) is 10.2 Å². The summed E-state index contributed by atoms with van der Waals surface area (Å²) in [7, 11) is -0.921. The van der Waals surface area contributed by atoms with Gasteiger partial charge in [0, 0.05) is 12.5 Å². The monoisotopic (exact) mass is 435 g/mol. The van der Waals surface area contributed by atoms with Gasteiger partial charge >= 0.3 is 0 Å². The van der Waals surface area contributed by atoms with Crippen molar-refractivity contribution in [2.45, 2.75) is 25.2 Å². The van der Waals surface area contributed by atoms with Crippen LogP contribution >= 0.6 is 11.3 Å². The molecule has 0 saturated carbocycles. The zero-order valence-electron chi connectivity index (χ0n) is 16.4. The molecule has 2 aromatic carbocycles. The molecule has 0 saturated heterocycles. The Kier molecular flexibility index (Phi) is 5.94. The van der Waals surface area contributed by atoms with Crippen molar-refractivity contribution in [1.29, 1.82) is 0 Å². The van der Waals surface area contributed by atoms with Gasteiger partial charge in [-0.2, -0.15) is 0 Å². The minimum atomic E-state index is -3.84. The van der Waals surface area contributed by atoms with Gasteiger partial charge in [0.05, 0.1) is 35.0 Å². The Morgan fingerprint density at radius 2 is 1.86 bits per heavy atom. The number of carbonyl (C=O) groups excluding carboxylic acids is 1. The van der Waals surface area contributed by atoms with Crippen LogP contribution < -0.4 is 19.5 Å². The third-order valence-electron chi connectivity index (χ3n) is 4.17. The van der Waals surface area contributed by atoms with Crippen molar-refractivity contribution in [3.63, 3.8) is 0 Å². The number of aromatic nitrogens is 1. The predicted octanol–water partition coefficient (Wildman–Crippen LogP) is 3.77. The molecule has 1 amide bonds. The summed E-state index contributed by atoms with van der Waals surface area (Å²) in [6.07, 6.45) is 0.352. The Labute approximate surface area is 172 Å². The maximum atomic E-state index is 12.8. The smallest absolute Gasteiger partial charge is 0.262 e. The first-order chi connectivity index (χ1) is 13.8. The van der Waals surface area contributed by atoms with Crippen molar-refractivity contribution >= 4 is 48.3 Å². The van der Waals surface area contributed by atoms with Gasteiger partial charge in [-0.3, -0.25) is 9.52 Å². The molecule has 0 unspecified atom stereocenters. The number of amides is 1. The van der Waals surface area contributed by atoms with Crippen molar-refractivity contribution in [3.05, 3.63) is 35.9 Å². The topological polar surface area (TPSA) is 107 Å². The third kappa shape index (κ3) is 4.43. The number of anilines is 2. The number of aryl methyl sites for hydroxylation is 1. The van der Waals surface area contributed by atoms with Gasteiger partial charge in [-0.05, 0) is 36.8 Å². The number of benzene rings is 2. The highest BCUT2D eigenvalue weighted by molar-refractivity contribution is 7.92. The number of nitrogens with one attached hydrogen (secondary N) is 2. The van der Waals surface area contributed by atoms with Crippen LogP contribution in [-0.4, -0.2) is 33.5 Å². The number of carbonyl (C=O) groups is 1. The van der Waals surface area contributed by atoms with Gasteiger partial charge in [0.1, 0.15) is 0 Å². The van der Waals surface area contributed by atoms with E-state index in [0.717, 1.165) is 15.8 Å². The highest BCUT2D eigenvalue weighted by atomic mass is 32.2. The van der Waals surface area contributed by atoms with E-state index in [2.05, 4.69) is 15.0 Å². The highest BCUT2D eigenvalue weighted by Gasteiger charge is 2.18. The first-order valence-corrected chi connectivity index (χ1v) is 11.0. The average Bonchev–Trinajstić information content (AvgIpc) is 3.09. The minimum Gasteiger partial charge on any atom is -0.493 e. The van der Waals surface area contributed by atoms with Crippen LogP contribution in [0, 0.1) is 6.92 Å². The zero-order valence-corrected chi connectivity index (χ0v) is 18.0. The Morgan fingerprint density at radius 1 is 1.14 bits per heavy atom. The Balaban J connectivity index is 1.93. The van der Waals surface area contributed by atoms with E-state index >= 15 is 0 Å². The number of hydrogen-bond donors (Lipinski definition) is 2. The number of ether oxygens (including phenoxy) is 2. The van der Waals surface area contributed by atoms with Crippen molar-refractivity contribution < 1.29 is 22.7 Å². The second-order valence-corrected chi connectivity index (χ2v) is 8.90. The number of sulfonamides is 1. The standard InChI is InChI=1S/C19H21N3O5S2/c1-5-17(23)20-19-21-18-11(2)8-12(9-16(18)28-19)22-29(24,25)13-6-7-14(26-3)15(10-13)27-4/h6-10,22H,5H2,1-4H3,(H,20,21,23). The Hall–Kier alpha value is -2.85. The largest absolute Gasteiger partial charge is 0.493 e. The van der Waals surface area contributed by atoms with Gasteiger partial charge in [-0.1, -0.05) is 18.3 Å². The number of fused-ring (bicyclic) bond motifs is 1. The molecule has 2 N–H and O–H groups in total. The van der Waals surface area contributed by atoms with E-state index in [-0.39, 0.29) is 10.8 Å². The van der Waals surface area contributed by atoms with E-state index < -0.39 is 10.0 Å². The molecule has 3 rings (SSSR count). The summed E-state index contributed by atoms with van der Waals surface area (Å²) < 4.78 is 39.3. The molecule has 0 radical (unpaired) electrons. The molecule has 0 aliphatic rings. The van der Waals surface area contributed by atoms with Crippen molar-refractivity contribution in [2.24, 2.45) is 0 Å². The normalized spacial score (nSPS) is 11.3. The summed E-state index contributed by atoms with van der Waals surface area (Å²) >= 11 is 1.29. The molecule has 0 fully saturated rings. The second kappa shape index (κ2) is 8.26. The first kappa shape index (κ1) is 20.9. The van der Waals surface area contributed by atoms with Gasteiger partial charge in [-0.15, -0.1) is 0 Å². The fourth-order valence-electron chi connectivity index (χ4n) is 2.71. The molecular formula is C19H21N3O5S2. The molecule has 1 heterocycles. The van der Waals surface area contributed by atoms with Gasteiger partial charge in [0.25, 0.3) is 10.0 Å². The number of rotatable bonds is 7. The Bertz CT molecular complexity index is 1170. The van der Waals surface area contributed by atoms with Crippen LogP contribution in [0.15, 0.2) is 35.2 Å². The molecule has 0 aliphatic heterocycles. The predicted molar refractivity (Wildman–Crippen MR) is 114 cm³/mol. The minimum absolute atomic E-state index is 0.0492. The highest BCUT2D eigenvalue weighted by Crippen LogP contribution is 2.33. The lowest BCUT2D eigenvalue weighted by molar-refractivity contribution is -0.115. The summed E-state index contributed by atoms with van der Waals surface area (Å²) in [4.78, 5) is 16.1. The van der Waals surface area contributed by atoms with Gasteiger partial charge in [0.15, 0.2) is 16.6 Å². The molecule has 0 aliphatic carbocycles. The maximum Gasteiger partial charge on any atom is 0.262 e. The van der Waals surface area contributed by atoms with Crippen molar-refractivity contribution in [2.75, 3.05) is 24.3 Å². The van der Waals surface area contributed by atoms with E-state index in [1.807, 2.05) is 6.92 Å². The van der Waals surface area contributed by atoms with Gasteiger partial charge in [-0.25, -0.2) is 13.4 Å². The average molecular weight is 436 g/mol. The fourth-order valence-corrected chi connectivity index (χ4v) is 4.77. The summed E-state index contributed by atoms with van der Waals surface area (Å²) in [6.45, 7) is 3.59. The summed E-state index contributed by atoms with van der Waals surface area (Å²) in [5.41, 5.74) is 1.91. The van der Waals surface area contributed by atoms with E-state index in [1.165, 1.54) is 43.8 Å². The molecular weight excluding hydrogens is 414 g/mol. The lowest BCUT2D eigenvalue weighted by atomic mass is 10.2. The Morgan fingerprint density at radius 3 is 2.52 bits per heavy atom. The van der Waals surface area contributed by atoms with Crippen LogP contribution in [0.2, 0.25) is 0 Å². The van der Waals surface area contributed by atoms with Crippen LogP contribution in [0.3, 0.4) is 0 Å². The molecule has 10 heteroatoms. The number of nitrogens with zero attached hydrogens (tertiary/aromatic N) is 1. The molecule has 3 aromatic rings. The zero-order chi connectivity index (χ0) is 21.2. The van der Waals surface area contributed by atoms with E-state index in [1.54, 1.807) is 19.1 Å². The van der Waals surface area contributed by atoms with E-state index in [4.69, 9.17) is 9.47 Å². The molecule has 154 valence electrons. The van der Waals surface area contributed by atoms with E-state index in [0.29, 0.717) is 28.7 Å². The second-order valence-electron chi connectivity index (χ2n) is 6.18. The number of methoxy groups -OCH3 is 2. The van der Waals surface area contributed by atoms with Crippen LogP contribution in [0.5, 0.6) is 11.5 Å². The van der Waals surface area contributed by atoms with Crippen molar-refractivity contribution in [1.82, 2.24) is 4.98 Å². The van der Waals surface area contributed by atoms with E-state index in [9.17, 15) is 13.2 Å². The lowest BCUT2D eigenvalue weighted by Crippen LogP contribution is -2.13. The number of thiazole rings is 1. The van der Waals surface area contributed by atoms with Crippen LogP contribution in [-0.2, 0) is 14.8 Å².